The van der Waals surface area contributed by atoms with Crippen LogP contribution in [0.1, 0.15) is 66.3 Å². The van der Waals surface area contributed by atoms with Crippen LogP contribution in [0.4, 0.5) is 20.2 Å². The zero-order chi connectivity index (χ0) is 30.7. The number of rotatable bonds is 5. The Bertz CT molecular complexity index is 1610. The third kappa shape index (κ3) is 5.16. The molecule has 0 unspecified atom stereocenters. The second-order valence-electron chi connectivity index (χ2n) is 13.1. The van der Waals surface area contributed by atoms with Gasteiger partial charge in [0.05, 0.1) is 12.1 Å². The van der Waals surface area contributed by atoms with Gasteiger partial charge in [0.25, 0.3) is 6.43 Å². The topological polar surface area (TPSA) is 64.9 Å². The summed E-state index contributed by atoms with van der Waals surface area (Å²) in [5, 5.41) is 4.22. The molecule has 2 amide bonds. The lowest BCUT2D eigenvalue weighted by molar-refractivity contribution is -0.141. The van der Waals surface area contributed by atoms with Gasteiger partial charge in [0.15, 0.2) is 0 Å². The van der Waals surface area contributed by atoms with E-state index in [9.17, 15) is 18.4 Å². The molecule has 5 heterocycles. The lowest BCUT2D eigenvalue weighted by atomic mass is 9.86. The molecule has 2 aromatic carbocycles. The molecule has 1 aromatic heterocycles. The van der Waals surface area contributed by atoms with Gasteiger partial charge in [-0.25, -0.2) is 8.78 Å². The highest BCUT2D eigenvalue weighted by Gasteiger charge is 2.36. The smallest absolute Gasteiger partial charge is 0.264 e. The molecule has 0 radical (unpaired) electrons. The van der Waals surface area contributed by atoms with Crippen LogP contribution in [0.2, 0.25) is 0 Å². The maximum atomic E-state index is 14.5. The zero-order valence-corrected chi connectivity index (χ0v) is 25.7. The minimum absolute atomic E-state index is 0.0107. The number of carbonyl (C=O) groups excluding carboxylic acids is 2. The average Bonchev–Trinajstić information content (AvgIpc) is 3.64. The van der Waals surface area contributed by atoms with Crippen molar-refractivity contribution < 1.29 is 18.4 Å². The number of alkyl halides is 2. The minimum Gasteiger partial charge on any atom is -0.342 e. The summed E-state index contributed by atoms with van der Waals surface area (Å²) in [6, 6.07) is 8.11. The summed E-state index contributed by atoms with van der Waals surface area (Å²) in [4.78, 5) is 33.7. The number of fused-ring (bicyclic) bond motifs is 2. The van der Waals surface area contributed by atoms with Crippen LogP contribution in [0.15, 0.2) is 36.7 Å². The molecular formula is C34H40F2N6O2. The quantitative estimate of drug-likeness (QED) is 0.400. The number of piperidine rings is 1. The summed E-state index contributed by atoms with van der Waals surface area (Å²) < 4.78 is 30.7. The Morgan fingerprint density at radius 2 is 1.70 bits per heavy atom. The summed E-state index contributed by atoms with van der Waals surface area (Å²) >= 11 is 0. The van der Waals surface area contributed by atoms with E-state index in [2.05, 4.69) is 27.0 Å². The number of aromatic nitrogens is 2. The summed E-state index contributed by atoms with van der Waals surface area (Å²) in [6.07, 6.45) is 4.30. The Hall–Kier alpha value is -3.79. The average molecular weight is 603 g/mol. The number of halogens is 2. The van der Waals surface area contributed by atoms with Gasteiger partial charge in [-0.05, 0) is 79.1 Å². The maximum Gasteiger partial charge on any atom is 0.264 e. The van der Waals surface area contributed by atoms with Gasteiger partial charge in [-0.1, -0.05) is 6.07 Å². The highest BCUT2D eigenvalue weighted by molar-refractivity contribution is 5.81. The summed E-state index contributed by atoms with van der Waals surface area (Å²) in [5.74, 6) is 0.727. The van der Waals surface area contributed by atoms with Gasteiger partial charge >= 0.3 is 0 Å². The summed E-state index contributed by atoms with van der Waals surface area (Å²) in [5.41, 5.74) is 7.59. The van der Waals surface area contributed by atoms with E-state index in [-0.39, 0.29) is 23.3 Å². The van der Waals surface area contributed by atoms with Gasteiger partial charge in [-0.2, -0.15) is 5.10 Å². The molecule has 10 heteroatoms. The van der Waals surface area contributed by atoms with Crippen molar-refractivity contribution in [1.82, 2.24) is 24.5 Å². The molecule has 0 spiro atoms. The minimum atomic E-state index is -2.63. The second kappa shape index (κ2) is 11.3. The highest BCUT2D eigenvalue weighted by Crippen LogP contribution is 2.45. The first-order chi connectivity index (χ1) is 21.2. The molecule has 0 N–H and O–H groups in total. The van der Waals surface area contributed by atoms with E-state index in [1.54, 1.807) is 37.1 Å². The molecule has 44 heavy (non-hydrogen) atoms. The standard InChI is InChI=1S/C34H40F2N6O2/c1-21(43)41-19-25-11-24(22-6-9-40(10-7-22)34(44)27-16-38(2)17-27)13-32(30(25)20-41)42-8-4-5-23-12-28(26-15-37-39(3)18-26)29(33(35)36)14-31(23)42/h11-15,18,22,27,33H,4-10,16-17,19-20H2,1-3H3. The number of amides is 2. The van der Waals surface area contributed by atoms with Crippen molar-refractivity contribution in [1.29, 1.82) is 0 Å². The first-order valence-corrected chi connectivity index (χ1v) is 15.8. The van der Waals surface area contributed by atoms with E-state index in [0.29, 0.717) is 30.1 Å². The summed E-state index contributed by atoms with van der Waals surface area (Å²) in [7, 11) is 3.84. The fourth-order valence-corrected chi connectivity index (χ4v) is 7.65. The van der Waals surface area contributed by atoms with Crippen molar-refractivity contribution in [3.05, 3.63) is 64.5 Å². The lowest BCUT2D eigenvalue weighted by Crippen LogP contribution is -2.53. The molecule has 4 aliphatic heterocycles. The highest BCUT2D eigenvalue weighted by atomic mass is 19.3. The third-order valence-electron chi connectivity index (χ3n) is 10.1. The van der Waals surface area contributed by atoms with Crippen molar-refractivity contribution in [3.63, 3.8) is 0 Å². The number of benzene rings is 2. The van der Waals surface area contributed by atoms with Crippen LogP contribution in [0.3, 0.4) is 0 Å². The molecular weight excluding hydrogens is 562 g/mol. The number of hydrogen-bond acceptors (Lipinski definition) is 5. The molecule has 8 nitrogen and oxygen atoms in total. The Morgan fingerprint density at radius 3 is 2.36 bits per heavy atom. The third-order valence-corrected chi connectivity index (χ3v) is 10.1. The van der Waals surface area contributed by atoms with Crippen molar-refractivity contribution in [2.75, 3.05) is 44.7 Å². The molecule has 0 bridgehead atoms. The molecule has 3 aromatic rings. The Balaban J connectivity index is 1.23. The van der Waals surface area contributed by atoms with Crippen LogP contribution in [-0.4, -0.2) is 76.1 Å². The second-order valence-corrected chi connectivity index (χ2v) is 13.1. The molecule has 0 aliphatic carbocycles. The number of likely N-dealkylation sites (tertiary alicyclic amines) is 2. The van der Waals surface area contributed by atoms with Crippen molar-refractivity contribution >= 4 is 23.2 Å². The molecule has 0 atom stereocenters. The number of aryl methyl sites for hydroxylation is 2. The van der Waals surface area contributed by atoms with Crippen LogP contribution in [0, 0.1) is 5.92 Å². The first kappa shape index (κ1) is 29.0. The summed E-state index contributed by atoms with van der Waals surface area (Å²) in [6.45, 7) is 6.58. The Kier molecular flexibility index (Phi) is 7.43. The number of carbonyl (C=O) groups is 2. The van der Waals surface area contributed by atoms with E-state index < -0.39 is 6.43 Å². The van der Waals surface area contributed by atoms with Crippen molar-refractivity contribution in [2.45, 2.75) is 58.0 Å². The lowest BCUT2D eigenvalue weighted by Gasteiger charge is -2.41. The maximum absolute atomic E-state index is 14.5. The van der Waals surface area contributed by atoms with Gasteiger partial charge in [-0.3, -0.25) is 14.3 Å². The van der Waals surface area contributed by atoms with Crippen LogP contribution in [0.25, 0.3) is 11.1 Å². The van der Waals surface area contributed by atoms with Crippen LogP contribution < -0.4 is 4.90 Å². The van der Waals surface area contributed by atoms with Gasteiger partial charge < -0.3 is 19.6 Å². The molecule has 0 saturated carbocycles. The largest absolute Gasteiger partial charge is 0.342 e. The number of nitrogens with zero attached hydrogens (tertiary/aromatic N) is 6. The number of hydrogen-bond donors (Lipinski definition) is 0. The van der Waals surface area contributed by atoms with E-state index in [4.69, 9.17) is 0 Å². The van der Waals surface area contributed by atoms with Gasteiger partial charge in [0, 0.05) is 94.0 Å². The molecule has 7 rings (SSSR count). The predicted octanol–water partition coefficient (Wildman–Crippen LogP) is 5.24. The van der Waals surface area contributed by atoms with Crippen molar-refractivity contribution in [3.8, 4) is 11.1 Å². The fraction of sp³-hybridized carbons (Fsp3) is 0.500. The SMILES string of the molecule is CC(=O)N1Cc2cc(C3CCN(C(=O)C4CN(C)C4)CC3)cc(N3CCCc4cc(-c5cnn(C)c5)c(C(F)F)cc43)c2C1. The predicted molar refractivity (Wildman–Crippen MR) is 165 cm³/mol. The molecule has 2 fully saturated rings. The normalized spacial score (nSPS) is 19.4. The van der Waals surface area contributed by atoms with Crippen LogP contribution >= 0.6 is 0 Å². The fourth-order valence-electron chi connectivity index (χ4n) is 7.65. The van der Waals surface area contributed by atoms with Gasteiger partial charge in [-0.15, -0.1) is 0 Å². The van der Waals surface area contributed by atoms with E-state index in [1.165, 1.54) is 5.56 Å². The van der Waals surface area contributed by atoms with Gasteiger partial charge in [0.1, 0.15) is 0 Å². The molecule has 4 aliphatic rings. The van der Waals surface area contributed by atoms with E-state index in [0.717, 1.165) is 86.5 Å². The van der Waals surface area contributed by atoms with E-state index >= 15 is 0 Å². The monoisotopic (exact) mass is 602 g/mol. The molecule has 2 saturated heterocycles. The van der Waals surface area contributed by atoms with Crippen LogP contribution in [0.5, 0.6) is 0 Å². The zero-order valence-electron chi connectivity index (χ0n) is 25.7. The number of anilines is 2. The first-order valence-electron chi connectivity index (χ1n) is 15.8. The van der Waals surface area contributed by atoms with Crippen LogP contribution in [-0.2, 0) is 36.1 Å². The molecule has 232 valence electrons. The Morgan fingerprint density at radius 1 is 0.932 bits per heavy atom. The van der Waals surface area contributed by atoms with Gasteiger partial charge in [0.2, 0.25) is 11.8 Å². The Labute approximate surface area is 257 Å². The van der Waals surface area contributed by atoms with Crippen molar-refractivity contribution in [2.24, 2.45) is 13.0 Å². The van der Waals surface area contributed by atoms with E-state index in [1.807, 2.05) is 22.9 Å².